The van der Waals surface area contributed by atoms with Crippen molar-refractivity contribution in [2.45, 2.75) is 18.2 Å². The summed E-state index contributed by atoms with van der Waals surface area (Å²) >= 11 is 11.9. The molecule has 0 fully saturated rings. The number of benzene rings is 1. The van der Waals surface area contributed by atoms with Crippen molar-refractivity contribution < 1.29 is 13.6 Å². The van der Waals surface area contributed by atoms with E-state index < -0.39 is 11.2 Å². The molecule has 0 spiro atoms. The normalized spacial score (nSPS) is 15.7. The second-order valence-corrected chi connectivity index (χ2v) is 5.39. The fraction of sp³-hybridized carbons (Fsp3) is 0.214. The second kappa shape index (κ2) is 5.11. The lowest BCUT2D eigenvalue weighted by molar-refractivity contribution is -0.116. The molecule has 1 amide bonds. The predicted octanol–water partition coefficient (Wildman–Crippen LogP) is 4.29. The van der Waals surface area contributed by atoms with E-state index in [1.807, 2.05) is 0 Å². The van der Waals surface area contributed by atoms with Gasteiger partial charge in [0.15, 0.2) is 5.22 Å². The van der Waals surface area contributed by atoms with Gasteiger partial charge in [0.2, 0.25) is 5.91 Å². The fourth-order valence-electron chi connectivity index (χ4n) is 2.23. The molecule has 0 radical (unpaired) electrons. The van der Waals surface area contributed by atoms with Crippen molar-refractivity contribution in [2.75, 3.05) is 5.32 Å². The molecular weight excluding hydrogens is 304 g/mol. The number of amides is 1. The van der Waals surface area contributed by atoms with Gasteiger partial charge < -0.3 is 9.73 Å². The molecule has 1 aliphatic rings. The van der Waals surface area contributed by atoms with Crippen molar-refractivity contribution in [3.8, 4) is 0 Å². The molecule has 20 heavy (non-hydrogen) atoms. The molecule has 3 nitrogen and oxygen atoms in total. The molecule has 1 atom stereocenters. The number of fused-ring (bicyclic) bond motifs is 1. The lowest BCUT2D eigenvalue weighted by atomic mass is 9.98. The van der Waals surface area contributed by atoms with Crippen molar-refractivity contribution >= 4 is 34.8 Å². The number of nitrogens with one attached hydrogen (secondary N) is 1. The number of halogens is 3. The van der Waals surface area contributed by atoms with E-state index in [0.717, 1.165) is 5.56 Å². The summed E-state index contributed by atoms with van der Waals surface area (Å²) in [6.45, 7) is 0. The Morgan fingerprint density at radius 1 is 1.30 bits per heavy atom. The van der Waals surface area contributed by atoms with Crippen LogP contribution >= 0.6 is 23.2 Å². The number of anilines is 1. The van der Waals surface area contributed by atoms with Crippen LogP contribution in [0.3, 0.4) is 0 Å². The number of hydrogen-bond donors (Lipinski definition) is 1. The van der Waals surface area contributed by atoms with Crippen LogP contribution < -0.4 is 5.32 Å². The third kappa shape index (κ3) is 2.41. The summed E-state index contributed by atoms with van der Waals surface area (Å²) in [5.74, 6) is -0.210. The first-order valence-electron chi connectivity index (χ1n) is 6.06. The molecule has 6 heteroatoms. The Morgan fingerprint density at radius 2 is 2.10 bits per heavy atom. The largest absolute Gasteiger partial charge is 0.448 e. The Labute approximate surface area is 124 Å². The summed E-state index contributed by atoms with van der Waals surface area (Å²) in [6.07, 6.45) is 0.953. The molecule has 1 aromatic carbocycles. The second-order valence-electron chi connectivity index (χ2n) is 4.58. The summed E-state index contributed by atoms with van der Waals surface area (Å²) in [6, 6.07) is 6.13. The minimum absolute atomic E-state index is 0.107. The van der Waals surface area contributed by atoms with Crippen molar-refractivity contribution in [2.24, 2.45) is 0 Å². The van der Waals surface area contributed by atoms with Gasteiger partial charge in [0, 0.05) is 17.7 Å². The van der Waals surface area contributed by atoms with E-state index in [1.165, 1.54) is 6.07 Å². The molecule has 0 aliphatic carbocycles. The maximum Gasteiger partial charge on any atom is 0.224 e. The minimum Gasteiger partial charge on any atom is -0.448 e. The zero-order valence-corrected chi connectivity index (χ0v) is 11.8. The smallest absolute Gasteiger partial charge is 0.224 e. The number of hydrogen-bond acceptors (Lipinski definition) is 2. The Kier molecular flexibility index (Phi) is 3.44. The van der Waals surface area contributed by atoms with E-state index in [9.17, 15) is 9.18 Å². The molecule has 0 saturated heterocycles. The molecule has 0 bridgehead atoms. The third-order valence-electron chi connectivity index (χ3n) is 3.23. The highest BCUT2D eigenvalue weighted by Crippen LogP contribution is 2.36. The van der Waals surface area contributed by atoms with Gasteiger partial charge in [-0.05, 0) is 47.9 Å². The quantitative estimate of drug-likeness (QED) is 0.841. The fourth-order valence-corrected chi connectivity index (χ4v) is 2.67. The monoisotopic (exact) mass is 313 g/mol. The van der Waals surface area contributed by atoms with E-state index in [-0.39, 0.29) is 11.1 Å². The van der Waals surface area contributed by atoms with E-state index in [2.05, 4.69) is 5.32 Å². The van der Waals surface area contributed by atoms with Gasteiger partial charge in [-0.15, -0.1) is 11.6 Å². The number of carbonyl (C=O) groups excluding carboxylic acids is 1. The van der Waals surface area contributed by atoms with Gasteiger partial charge >= 0.3 is 0 Å². The van der Waals surface area contributed by atoms with E-state index >= 15 is 0 Å². The van der Waals surface area contributed by atoms with Gasteiger partial charge in [0.1, 0.15) is 17.0 Å². The molecule has 2 heterocycles. The van der Waals surface area contributed by atoms with Crippen LogP contribution in [0.25, 0.3) is 0 Å². The Balaban J connectivity index is 2.00. The zero-order valence-electron chi connectivity index (χ0n) is 10.3. The van der Waals surface area contributed by atoms with E-state index in [0.29, 0.717) is 29.9 Å². The number of carbonyl (C=O) groups is 1. The van der Waals surface area contributed by atoms with E-state index in [4.69, 9.17) is 27.6 Å². The van der Waals surface area contributed by atoms with Crippen molar-refractivity contribution in [1.82, 2.24) is 0 Å². The van der Waals surface area contributed by atoms with Crippen LogP contribution in [0, 0.1) is 5.82 Å². The average Bonchev–Trinajstić information content (AvgIpc) is 2.84. The molecule has 1 aromatic heterocycles. The van der Waals surface area contributed by atoms with Crippen LogP contribution in [0.4, 0.5) is 10.1 Å². The summed E-state index contributed by atoms with van der Waals surface area (Å²) in [5.41, 5.74) is 1.68. The Bertz CT molecular complexity index is 684. The highest BCUT2D eigenvalue weighted by atomic mass is 35.5. The molecule has 1 aliphatic heterocycles. The average molecular weight is 314 g/mol. The molecule has 1 N–H and O–H groups in total. The maximum atomic E-state index is 14.1. The number of rotatable bonds is 2. The van der Waals surface area contributed by atoms with Crippen LogP contribution in [0.15, 0.2) is 28.7 Å². The van der Waals surface area contributed by atoms with Crippen LogP contribution in [0.5, 0.6) is 0 Å². The van der Waals surface area contributed by atoms with Gasteiger partial charge in [0.05, 0.1) is 0 Å². The van der Waals surface area contributed by atoms with Crippen LogP contribution in [-0.4, -0.2) is 5.91 Å². The zero-order chi connectivity index (χ0) is 14.3. The first-order valence-corrected chi connectivity index (χ1v) is 6.87. The summed E-state index contributed by atoms with van der Waals surface area (Å²) in [4.78, 5) is 11.3. The predicted molar refractivity (Wildman–Crippen MR) is 74.8 cm³/mol. The minimum atomic E-state index is -0.759. The highest BCUT2D eigenvalue weighted by molar-refractivity contribution is 6.29. The standard InChI is InChI=1S/C14H10Cl2FNO2/c15-12-3-2-11(20-12)14(16)8-5-7-1-4-13(19)18-10(7)6-9(8)17/h2-3,5-6,14H,1,4H2,(H,18,19). The van der Waals surface area contributed by atoms with Crippen LogP contribution in [-0.2, 0) is 11.2 Å². The Morgan fingerprint density at radius 3 is 2.80 bits per heavy atom. The lowest BCUT2D eigenvalue weighted by Crippen LogP contribution is -2.19. The molecule has 3 rings (SSSR count). The van der Waals surface area contributed by atoms with Crippen LogP contribution in [0.2, 0.25) is 5.22 Å². The summed E-state index contributed by atoms with van der Waals surface area (Å²) < 4.78 is 19.3. The molecule has 104 valence electrons. The SMILES string of the molecule is O=C1CCc2cc(C(Cl)c3ccc(Cl)o3)c(F)cc2N1. The lowest BCUT2D eigenvalue weighted by Gasteiger charge is -2.19. The van der Waals surface area contributed by atoms with Crippen LogP contribution in [0.1, 0.15) is 28.7 Å². The van der Waals surface area contributed by atoms with Gasteiger partial charge in [-0.25, -0.2) is 4.39 Å². The summed E-state index contributed by atoms with van der Waals surface area (Å²) in [5, 5.41) is 2.09. The molecule has 2 aromatic rings. The van der Waals surface area contributed by atoms with Crippen molar-refractivity contribution in [3.05, 3.63) is 52.2 Å². The van der Waals surface area contributed by atoms with E-state index in [1.54, 1.807) is 18.2 Å². The topological polar surface area (TPSA) is 42.2 Å². The first-order chi connectivity index (χ1) is 9.54. The number of furan rings is 1. The summed E-state index contributed by atoms with van der Waals surface area (Å²) in [7, 11) is 0. The number of alkyl halides is 1. The number of aryl methyl sites for hydroxylation is 1. The van der Waals surface area contributed by atoms with Gasteiger partial charge in [-0.1, -0.05) is 0 Å². The third-order valence-corrected chi connectivity index (χ3v) is 3.89. The molecular formula is C14H10Cl2FNO2. The maximum absolute atomic E-state index is 14.1. The van der Waals surface area contributed by atoms with Gasteiger partial charge in [-0.2, -0.15) is 0 Å². The van der Waals surface area contributed by atoms with Gasteiger partial charge in [-0.3, -0.25) is 4.79 Å². The molecule has 0 saturated carbocycles. The highest BCUT2D eigenvalue weighted by Gasteiger charge is 2.23. The van der Waals surface area contributed by atoms with Gasteiger partial charge in [0.25, 0.3) is 0 Å². The first kappa shape index (κ1) is 13.5. The Hall–Kier alpha value is -1.52. The van der Waals surface area contributed by atoms with Crippen molar-refractivity contribution in [3.63, 3.8) is 0 Å². The van der Waals surface area contributed by atoms with Crippen molar-refractivity contribution in [1.29, 1.82) is 0 Å². The molecule has 1 unspecified atom stereocenters.